The molecule has 1 aliphatic carbocycles. The zero-order valence-corrected chi connectivity index (χ0v) is 15.2. The van der Waals surface area contributed by atoms with E-state index < -0.39 is 5.54 Å². The van der Waals surface area contributed by atoms with Crippen molar-refractivity contribution in [1.82, 2.24) is 10.2 Å². The molecule has 1 saturated carbocycles. The first-order valence-corrected chi connectivity index (χ1v) is 9.15. The molecule has 5 heteroatoms. The Hall–Kier alpha value is -1.90. The molecule has 0 spiro atoms. The average molecular weight is 343 g/mol. The maximum atomic E-state index is 12.6. The molecule has 0 atom stereocenters. The molecule has 25 heavy (non-hydrogen) atoms. The molecule has 2 rings (SSSR count). The van der Waals surface area contributed by atoms with Crippen molar-refractivity contribution in [3.05, 3.63) is 35.9 Å². The maximum Gasteiger partial charge on any atom is 0.235 e. The van der Waals surface area contributed by atoms with Gasteiger partial charge in [-0.15, -0.1) is 0 Å². The van der Waals surface area contributed by atoms with Gasteiger partial charge in [-0.1, -0.05) is 56.0 Å². The summed E-state index contributed by atoms with van der Waals surface area (Å²) in [6.07, 6.45) is 5.81. The third-order valence-corrected chi connectivity index (χ3v) is 4.78. The van der Waals surface area contributed by atoms with E-state index in [4.69, 9.17) is 4.74 Å². The van der Waals surface area contributed by atoms with Crippen LogP contribution in [0.4, 0.5) is 0 Å². The van der Waals surface area contributed by atoms with Crippen LogP contribution in [-0.2, 0) is 16.1 Å². The molecular weight excluding hydrogens is 314 g/mol. The first kappa shape index (κ1) is 19.4. The third kappa shape index (κ3) is 6.49. The van der Waals surface area contributed by atoms with E-state index in [0.29, 0.717) is 19.7 Å². The lowest BCUT2D eigenvalue weighted by Crippen LogP contribution is -2.50. The second kappa shape index (κ2) is 10.2. The number of nitrogens with zero attached hydrogens (tertiary/aromatic N) is 2. The molecule has 1 N–H and O–H groups in total. The van der Waals surface area contributed by atoms with Gasteiger partial charge in [0.15, 0.2) is 0 Å². The van der Waals surface area contributed by atoms with Gasteiger partial charge in [0, 0.05) is 20.2 Å². The molecule has 1 fully saturated rings. The van der Waals surface area contributed by atoms with Gasteiger partial charge >= 0.3 is 0 Å². The molecule has 0 aromatic heterocycles. The van der Waals surface area contributed by atoms with Crippen molar-refractivity contribution in [2.24, 2.45) is 0 Å². The summed E-state index contributed by atoms with van der Waals surface area (Å²) in [5.41, 5.74) is 0.476. The second-order valence-corrected chi connectivity index (χ2v) is 6.85. The number of nitrogens with one attached hydrogen (secondary N) is 1. The number of carbonyl (C=O) groups is 1. The van der Waals surface area contributed by atoms with Crippen LogP contribution >= 0.6 is 0 Å². The standard InChI is InChI=1S/C20H29N3O2/c1-25-14-13-23(15-18-9-5-4-6-10-18)16-19(24)22-20(17-21)11-7-2-3-8-12-20/h4-6,9-10H,2-3,7-8,11-16H2,1H3,(H,22,24). The highest BCUT2D eigenvalue weighted by Gasteiger charge is 2.32. The zero-order valence-electron chi connectivity index (χ0n) is 15.2. The van der Waals surface area contributed by atoms with Crippen molar-refractivity contribution < 1.29 is 9.53 Å². The van der Waals surface area contributed by atoms with E-state index in [0.717, 1.165) is 44.1 Å². The third-order valence-electron chi connectivity index (χ3n) is 4.78. The van der Waals surface area contributed by atoms with Crippen molar-refractivity contribution in [2.45, 2.75) is 50.6 Å². The highest BCUT2D eigenvalue weighted by Crippen LogP contribution is 2.26. The fourth-order valence-corrected chi connectivity index (χ4v) is 3.38. The number of rotatable bonds is 8. The first-order chi connectivity index (χ1) is 12.2. The van der Waals surface area contributed by atoms with Crippen LogP contribution < -0.4 is 5.32 Å². The SMILES string of the molecule is COCCN(CC(=O)NC1(C#N)CCCCCC1)Cc1ccccc1. The Morgan fingerprint density at radius 3 is 2.52 bits per heavy atom. The normalized spacial score (nSPS) is 16.8. The van der Waals surface area contributed by atoms with Gasteiger partial charge in [-0.05, 0) is 18.4 Å². The fraction of sp³-hybridized carbons (Fsp3) is 0.600. The number of nitriles is 1. The Kier molecular flexibility index (Phi) is 7.90. The van der Waals surface area contributed by atoms with E-state index in [1.807, 2.05) is 18.2 Å². The van der Waals surface area contributed by atoms with E-state index in [1.165, 1.54) is 0 Å². The first-order valence-electron chi connectivity index (χ1n) is 9.15. The summed E-state index contributed by atoms with van der Waals surface area (Å²) >= 11 is 0. The summed E-state index contributed by atoms with van der Waals surface area (Å²) in [5, 5.41) is 12.7. The van der Waals surface area contributed by atoms with Crippen LogP contribution in [0.5, 0.6) is 0 Å². The molecule has 0 radical (unpaired) electrons. The highest BCUT2D eigenvalue weighted by molar-refractivity contribution is 5.79. The lowest BCUT2D eigenvalue weighted by molar-refractivity contribution is -0.124. The molecule has 0 unspecified atom stereocenters. The Morgan fingerprint density at radius 1 is 1.24 bits per heavy atom. The summed E-state index contributed by atoms with van der Waals surface area (Å²) < 4.78 is 5.17. The van der Waals surface area contributed by atoms with Crippen LogP contribution in [0.1, 0.15) is 44.1 Å². The predicted molar refractivity (Wildman–Crippen MR) is 97.8 cm³/mol. The highest BCUT2D eigenvalue weighted by atomic mass is 16.5. The monoisotopic (exact) mass is 343 g/mol. The molecule has 1 aromatic rings. The molecule has 1 aliphatic rings. The van der Waals surface area contributed by atoms with Gasteiger partial charge in [-0.25, -0.2) is 0 Å². The Bertz CT molecular complexity index is 560. The number of benzene rings is 1. The number of hydrogen-bond acceptors (Lipinski definition) is 4. The summed E-state index contributed by atoms with van der Waals surface area (Å²) in [7, 11) is 1.66. The average Bonchev–Trinajstić information content (AvgIpc) is 2.86. The van der Waals surface area contributed by atoms with Crippen LogP contribution in [0.3, 0.4) is 0 Å². The fourth-order valence-electron chi connectivity index (χ4n) is 3.38. The molecule has 136 valence electrons. The van der Waals surface area contributed by atoms with Gasteiger partial charge in [0.1, 0.15) is 5.54 Å². The molecule has 0 saturated heterocycles. The number of amides is 1. The minimum Gasteiger partial charge on any atom is -0.383 e. The molecule has 1 aromatic carbocycles. The van der Waals surface area contributed by atoms with Crippen LogP contribution in [0.2, 0.25) is 0 Å². The van der Waals surface area contributed by atoms with Crippen LogP contribution in [-0.4, -0.2) is 43.2 Å². The van der Waals surface area contributed by atoms with Gasteiger partial charge in [-0.3, -0.25) is 9.69 Å². The number of carbonyl (C=O) groups excluding carboxylic acids is 1. The van der Waals surface area contributed by atoms with Gasteiger partial charge in [0.25, 0.3) is 0 Å². The Labute approximate surface area is 151 Å². The van der Waals surface area contributed by atoms with E-state index in [-0.39, 0.29) is 12.5 Å². The summed E-state index contributed by atoms with van der Waals surface area (Å²) in [4.78, 5) is 14.7. The van der Waals surface area contributed by atoms with Crippen molar-refractivity contribution in [1.29, 1.82) is 5.26 Å². The lowest BCUT2D eigenvalue weighted by atomic mass is 9.92. The molecule has 0 heterocycles. The molecule has 0 bridgehead atoms. The largest absolute Gasteiger partial charge is 0.383 e. The second-order valence-electron chi connectivity index (χ2n) is 6.85. The maximum absolute atomic E-state index is 12.6. The van der Waals surface area contributed by atoms with Crippen molar-refractivity contribution >= 4 is 5.91 Å². The van der Waals surface area contributed by atoms with Gasteiger partial charge in [-0.2, -0.15) is 5.26 Å². The van der Waals surface area contributed by atoms with Crippen molar-refractivity contribution in [3.63, 3.8) is 0 Å². The Morgan fingerprint density at radius 2 is 1.92 bits per heavy atom. The zero-order chi connectivity index (χ0) is 18.0. The quantitative estimate of drug-likeness (QED) is 0.737. The number of ether oxygens (including phenoxy) is 1. The molecule has 0 aliphatic heterocycles. The predicted octanol–water partition coefficient (Wildman–Crippen LogP) is 2.87. The molecule has 1 amide bonds. The van der Waals surface area contributed by atoms with E-state index >= 15 is 0 Å². The van der Waals surface area contributed by atoms with Gasteiger partial charge in [0.05, 0.1) is 19.2 Å². The van der Waals surface area contributed by atoms with Crippen molar-refractivity contribution in [3.8, 4) is 6.07 Å². The van der Waals surface area contributed by atoms with Crippen LogP contribution in [0.25, 0.3) is 0 Å². The smallest absolute Gasteiger partial charge is 0.235 e. The van der Waals surface area contributed by atoms with Crippen molar-refractivity contribution in [2.75, 3.05) is 26.8 Å². The van der Waals surface area contributed by atoms with E-state index in [2.05, 4.69) is 28.4 Å². The lowest BCUT2D eigenvalue weighted by Gasteiger charge is -2.28. The minimum absolute atomic E-state index is 0.0736. The molecule has 5 nitrogen and oxygen atoms in total. The topological polar surface area (TPSA) is 65.4 Å². The molecular formula is C20H29N3O2. The van der Waals surface area contributed by atoms with Crippen LogP contribution in [0.15, 0.2) is 30.3 Å². The Balaban J connectivity index is 1.96. The summed E-state index contributed by atoms with van der Waals surface area (Å²) in [5.74, 6) is -0.0736. The number of methoxy groups -OCH3 is 1. The summed E-state index contributed by atoms with van der Waals surface area (Å²) in [6.45, 7) is 2.22. The van der Waals surface area contributed by atoms with E-state index in [9.17, 15) is 10.1 Å². The van der Waals surface area contributed by atoms with Gasteiger partial charge < -0.3 is 10.1 Å². The number of hydrogen-bond donors (Lipinski definition) is 1. The summed E-state index contributed by atoms with van der Waals surface area (Å²) in [6, 6.07) is 12.5. The van der Waals surface area contributed by atoms with Gasteiger partial charge in [0.2, 0.25) is 5.91 Å². The van der Waals surface area contributed by atoms with Crippen LogP contribution in [0, 0.1) is 11.3 Å². The minimum atomic E-state index is -0.687. The van der Waals surface area contributed by atoms with E-state index in [1.54, 1.807) is 7.11 Å².